The lowest BCUT2D eigenvalue weighted by molar-refractivity contribution is -0.121. The second-order valence-corrected chi connectivity index (χ2v) is 8.23. The molecule has 2 heterocycles. The van der Waals surface area contributed by atoms with E-state index in [-0.39, 0.29) is 29.6 Å². The Kier molecular flexibility index (Phi) is 6.68. The Morgan fingerprint density at radius 3 is 2.00 bits per heavy atom. The Balaban J connectivity index is 1.33. The Bertz CT molecular complexity index is 981. The van der Waals surface area contributed by atoms with Crippen molar-refractivity contribution >= 4 is 29.2 Å². The smallest absolute Gasteiger partial charge is 0.321 e. The topological polar surface area (TPSA) is 81.8 Å². The molecular formula is C24H27FN4O3. The monoisotopic (exact) mass is 438 g/mol. The number of hydrogen-bond donors (Lipinski definition) is 2. The molecule has 0 spiro atoms. The Morgan fingerprint density at radius 1 is 0.781 bits per heavy atom. The van der Waals surface area contributed by atoms with Crippen molar-refractivity contribution in [1.29, 1.82) is 0 Å². The number of benzene rings is 2. The SMILES string of the molecule is O=C(Nc1ccccc1NC(=O)N1CCCC1)C1CCN(C(=O)c2ccc(F)cc2)CC1. The first-order valence-corrected chi connectivity index (χ1v) is 11.0. The van der Waals surface area contributed by atoms with E-state index in [1.54, 1.807) is 21.9 Å². The zero-order valence-corrected chi connectivity index (χ0v) is 17.9. The molecule has 2 fully saturated rings. The van der Waals surface area contributed by atoms with Gasteiger partial charge in [0.2, 0.25) is 5.91 Å². The van der Waals surface area contributed by atoms with E-state index in [0.717, 1.165) is 25.9 Å². The quantitative estimate of drug-likeness (QED) is 0.759. The van der Waals surface area contributed by atoms with Crippen LogP contribution in [-0.4, -0.2) is 53.8 Å². The fourth-order valence-corrected chi connectivity index (χ4v) is 4.17. The maximum absolute atomic E-state index is 13.1. The molecule has 4 rings (SSSR count). The Hall–Kier alpha value is -3.42. The maximum Gasteiger partial charge on any atom is 0.321 e. The van der Waals surface area contributed by atoms with Crippen LogP contribution in [0.5, 0.6) is 0 Å². The number of amides is 4. The van der Waals surface area contributed by atoms with Gasteiger partial charge in [0.05, 0.1) is 11.4 Å². The van der Waals surface area contributed by atoms with Crippen LogP contribution in [0.25, 0.3) is 0 Å². The van der Waals surface area contributed by atoms with Crippen molar-refractivity contribution in [1.82, 2.24) is 9.80 Å². The molecule has 4 amide bonds. The third kappa shape index (κ3) is 5.07. The van der Waals surface area contributed by atoms with E-state index in [1.165, 1.54) is 24.3 Å². The fraction of sp³-hybridized carbons (Fsp3) is 0.375. The molecule has 0 aliphatic carbocycles. The van der Waals surface area contributed by atoms with E-state index >= 15 is 0 Å². The summed E-state index contributed by atoms with van der Waals surface area (Å²) in [6.45, 7) is 2.41. The second-order valence-electron chi connectivity index (χ2n) is 8.23. The van der Waals surface area contributed by atoms with Crippen LogP contribution >= 0.6 is 0 Å². The van der Waals surface area contributed by atoms with Gasteiger partial charge < -0.3 is 20.4 Å². The number of anilines is 2. The van der Waals surface area contributed by atoms with Gasteiger partial charge in [-0.15, -0.1) is 0 Å². The van der Waals surface area contributed by atoms with E-state index in [4.69, 9.17) is 0 Å². The van der Waals surface area contributed by atoms with Crippen LogP contribution in [0.1, 0.15) is 36.0 Å². The standard InChI is InChI=1S/C24H27FN4O3/c25-19-9-7-18(8-10-19)23(31)28-15-11-17(12-16-28)22(30)26-20-5-1-2-6-21(20)27-24(32)29-13-3-4-14-29/h1-2,5-10,17H,3-4,11-16H2,(H,26,30)(H,27,32). The van der Waals surface area contributed by atoms with Gasteiger partial charge in [0.25, 0.3) is 5.91 Å². The van der Waals surface area contributed by atoms with E-state index in [9.17, 15) is 18.8 Å². The summed E-state index contributed by atoms with van der Waals surface area (Å²) in [6, 6.07) is 12.5. The number of nitrogens with zero attached hydrogens (tertiary/aromatic N) is 2. The molecule has 2 saturated heterocycles. The zero-order valence-electron chi connectivity index (χ0n) is 17.9. The first kappa shape index (κ1) is 21.8. The third-order valence-electron chi connectivity index (χ3n) is 6.06. The number of halogens is 1. The van der Waals surface area contributed by atoms with Gasteiger partial charge in [0.1, 0.15) is 5.82 Å². The predicted octanol–water partition coefficient (Wildman–Crippen LogP) is 3.94. The minimum atomic E-state index is -0.381. The van der Waals surface area contributed by atoms with Crippen LogP contribution in [0.3, 0.4) is 0 Å². The van der Waals surface area contributed by atoms with Crippen LogP contribution in [0.4, 0.5) is 20.6 Å². The molecule has 0 unspecified atom stereocenters. The van der Waals surface area contributed by atoms with E-state index in [0.29, 0.717) is 42.9 Å². The summed E-state index contributed by atoms with van der Waals surface area (Å²) in [4.78, 5) is 41.4. The number of urea groups is 1. The van der Waals surface area contributed by atoms with Crippen molar-refractivity contribution in [2.24, 2.45) is 5.92 Å². The minimum Gasteiger partial charge on any atom is -0.339 e. The second kappa shape index (κ2) is 9.80. The molecule has 2 N–H and O–H groups in total. The summed E-state index contributed by atoms with van der Waals surface area (Å²) >= 11 is 0. The molecule has 2 aliphatic rings. The van der Waals surface area contributed by atoms with Gasteiger partial charge in [-0.05, 0) is 62.1 Å². The largest absolute Gasteiger partial charge is 0.339 e. The van der Waals surface area contributed by atoms with Crippen LogP contribution < -0.4 is 10.6 Å². The van der Waals surface area contributed by atoms with Crippen molar-refractivity contribution in [3.05, 3.63) is 59.9 Å². The molecule has 0 aromatic heterocycles. The highest BCUT2D eigenvalue weighted by Gasteiger charge is 2.28. The van der Waals surface area contributed by atoms with Gasteiger partial charge in [0, 0.05) is 37.7 Å². The van der Waals surface area contributed by atoms with E-state index in [2.05, 4.69) is 10.6 Å². The van der Waals surface area contributed by atoms with Crippen molar-refractivity contribution in [3.63, 3.8) is 0 Å². The number of rotatable bonds is 4. The van der Waals surface area contributed by atoms with Crippen LogP contribution in [0.15, 0.2) is 48.5 Å². The normalized spacial score (nSPS) is 16.7. The summed E-state index contributed by atoms with van der Waals surface area (Å²) in [5.74, 6) is -0.885. The third-order valence-corrected chi connectivity index (χ3v) is 6.06. The molecule has 2 aliphatic heterocycles. The van der Waals surface area contributed by atoms with Gasteiger partial charge in [-0.2, -0.15) is 0 Å². The van der Waals surface area contributed by atoms with Gasteiger partial charge in [-0.25, -0.2) is 9.18 Å². The molecule has 0 radical (unpaired) electrons. The highest BCUT2D eigenvalue weighted by atomic mass is 19.1. The van der Waals surface area contributed by atoms with Crippen molar-refractivity contribution in [2.45, 2.75) is 25.7 Å². The number of carbonyl (C=O) groups is 3. The first-order valence-electron chi connectivity index (χ1n) is 11.0. The lowest BCUT2D eigenvalue weighted by Gasteiger charge is -2.31. The molecule has 2 aromatic carbocycles. The van der Waals surface area contributed by atoms with Crippen LogP contribution in [0, 0.1) is 11.7 Å². The number of para-hydroxylation sites is 2. The summed E-state index contributed by atoms with van der Waals surface area (Å²) in [6.07, 6.45) is 3.10. The van der Waals surface area contributed by atoms with Crippen molar-refractivity contribution < 1.29 is 18.8 Å². The average molecular weight is 439 g/mol. The van der Waals surface area contributed by atoms with Gasteiger partial charge in [0.15, 0.2) is 0 Å². The molecule has 7 nitrogen and oxygen atoms in total. The Morgan fingerprint density at radius 2 is 1.38 bits per heavy atom. The van der Waals surface area contributed by atoms with E-state index in [1.807, 2.05) is 12.1 Å². The average Bonchev–Trinajstić information content (AvgIpc) is 3.36. The first-order chi connectivity index (χ1) is 15.5. The number of piperidine rings is 1. The summed E-state index contributed by atoms with van der Waals surface area (Å²) in [5.41, 5.74) is 1.58. The number of hydrogen-bond acceptors (Lipinski definition) is 3. The molecular weight excluding hydrogens is 411 g/mol. The minimum absolute atomic E-state index is 0.123. The number of likely N-dealkylation sites (tertiary alicyclic amines) is 2. The van der Waals surface area contributed by atoms with Crippen molar-refractivity contribution in [3.8, 4) is 0 Å². The zero-order chi connectivity index (χ0) is 22.5. The molecule has 0 saturated carbocycles. The Labute approximate surface area is 186 Å². The lowest BCUT2D eigenvalue weighted by atomic mass is 9.95. The van der Waals surface area contributed by atoms with E-state index < -0.39 is 0 Å². The van der Waals surface area contributed by atoms with Crippen LogP contribution in [0.2, 0.25) is 0 Å². The van der Waals surface area contributed by atoms with Crippen LogP contribution in [-0.2, 0) is 4.79 Å². The van der Waals surface area contributed by atoms with Crippen molar-refractivity contribution in [2.75, 3.05) is 36.8 Å². The molecule has 168 valence electrons. The molecule has 8 heteroatoms. The lowest BCUT2D eigenvalue weighted by Crippen LogP contribution is -2.41. The van der Waals surface area contributed by atoms with Gasteiger partial charge in [-0.1, -0.05) is 12.1 Å². The highest BCUT2D eigenvalue weighted by Crippen LogP contribution is 2.25. The molecule has 32 heavy (non-hydrogen) atoms. The fourth-order valence-electron chi connectivity index (χ4n) is 4.17. The van der Waals surface area contributed by atoms with Gasteiger partial charge in [-0.3, -0.25) is 9.59 Å². The number of carbonyl (C=O) groups excluding carboxylic acids is 3. The summed E-state index contributed by atoms with van der Waals surface area (Å²) < 4.78 is 13.1. The predicted molar refractivity (Wildman–Crippen MR) is 120 cm³/mol. The number of nitrogens with one attached hydrogen (secondary N) is 2. The molecule has 0 atom stereocenters. The summed E-state index contributed by atoms with van der Waals surface area (Å²) in [7, 11) is 0. The maximum atomic E-state index is 13.1. The van der Waals surface area contributed by atoms with Gasteiger partial charge >= 0.3 is 6.03 Å². The summed E-state index contributed by atoms with van der Waals surface area (Å²) in [5, 5.41) is 5.84. The highest BCUT2D eigenvalue weighted by molar-refractivity contribution is 6.00. The molecule has 2 aromatic rings. The molecule has 0 bridgehead atoms.